The first kappa shape index (κ1) is 19.4. The van der Waals surface area contributed by atoms with E-state index in [1.807, 2.05) is 49.4 Å². The van der Waals surface area contributed by atoms with E-state index in [0.717, 1.165) is 27.8 Å². The maximum Gasteiger partial charge on any atom is 0.262 e. The van der Waals surface area contributed by atoms with Crippen molar-refractivity contribution in [2.45, 2.75) is 13.5 Å². The van der Waals surface area contributed by atoms with E-state index >= 15 is 0 Å². The van der Waals surface area contributed by atoms with Gasteiger partial charge in [0.1, 0.15) is 5.75 Å². The molecule has 0 bridgehead atoms. The Morgan fingerprint density at radius 2 is 1.92 bits per heavy atom. The molecule has 5 nitrogen and oxygen atoms in total. The van der Waals surface area contributed by atoms with Gasteiger partial charge in [-0.15, -0.1) is 0 Å². The van der Waals surface area contributed by atoms with Crippen LogP contribution in [0.5, 0.6) is 5.75 Å². The van der Waals surface area contributed by atoms with Crippen LogP contribution in [-0.2, 0) is 16.1 Å². The van der Waals surface area contributed by atoms with Crippen molar-refractivity contribution in [2.24, 2.45) is 0 Å². The number of benzene rings is 2. The monoisotopic (exact) mass is 406 g/mol. The molecule has 0 saturated carbocycles. The minimum atomic E-state index is -0.190. The van der Waals surface area contributed by atoms with Crippen LogP contribution < -0.4 is 15.4 Å². The van der Waals surface area contributed by atoms with E-state index in [4.69, 9.17) is 9.47 Å². The number of amides is 1. The second-order valence-corrected chi connectivity index (χ2v) is 6.54. The van der Waals surface area contributed by atoms with E-state index in [9.17, 15) is 4.79 Å². The Hall–Kier alpha value is -1.89. The number of methoxy groups -OCH3 is 1. The zero-order valence-electron chi connectivity index (χ0n) is 14.5. The zero-order chi connectivity index (χ0) is 18.1. The maximum atomic E-state index is 12.1. The molecule has 2 rings (SSSR count). The first-order chi connectivity index (χ1) is 12.1. The third kappa shape index (κ3) is 6.86. The van der Waals surface area contributed by atoms with Gasteiger partial charge in [-0.3, -0.25) is 4.79 Å². The first-order valence-electron chi connectivity index (χ1n) is 8.06. The molecule has 0 saturated heterocycles. The van der Waals surface area contributed by atoms with Crippen LogP contribution in [0, 0.1) is 6.92 Å². The summed E-state index contributed by atoms with van der Waals surface area (Å²) < 4.78 is 11.7. The number of carbonyl (C=O) groups excluding carboxylic acids is 1. The number of anilines is 1. The summed E-state index contributed by atoms with van der Waals surface area (Å²) in [5.74, 6) is 0.497. The molecule has 2 aromatic carbocycles. The fourth-order valence-corrected chi connectivity index (χ4v) is 2.61. The van der Waals surface area contributed by atoms with Crippen molar-refractivity contribution in [3.05, 3.63) is 58.1 Å². The van der Waals surface area contributed by atoms with Crippen molar-refractivity contribution < 1.29 is 14.3 Å². The second kappa shape index (κ2) is 10.2. The number of hydrogen-bond donors (Lipinski definition) is 2. The van der Waals surface area contributed by atoms with Gasteiger partial charge >= 0.3 is 0 Å². The maximum absolute atomic E-state index is 12.1. The molecule has 0 aliphatic carbocycles. The molecule has 0 radical (unpaired) electrons. The molecule has 0 heterocycles. The Kier molecular flexibility index (Phi) is 7.91. The van der Waals surface area contributed by atoms with Crippen LogP contribution in [0.4, 0.5) is 5.69 Å². The highest BCUT2D eigenvalue weighted by Gasteiger charge is 2.08. The molecule has 0 fully saturated rings. The number of halogens is 1. The Bertz CT molecular complexity index is 690. The Labute approximate surface area is 156 Å². The van der Waals surface area contributed by atoms with E-state index in [0.29, 0.717) is 18.9 Å². The number of rotatable bonds is 9. The molecule has 134 valence electrons. The summed E-state index contributed by atoms with van der Waals surface area (Å²) in [7, 11) is 1.67. The van der Waals surface area contributed by atoms with Gasteiger partial charge in [-0.05, 0) is 37.3 Å². The minimum Gasteiger partial charge on any atom is -0.483 e. The van der Waals surface area contributed by atoms with Crippen molar-refractivity contribution >= 4 is 27.5 Å². The van der Waals surface area contributed by atoms with Crippen molar-refractivity contribution in [3.63, 3.8) is 0 Å². The molecular weight excluding hydrogens is 384 g/mol. The van der Waals surface area contributed by atoms with Gasteiger partial charge in [0.2, 0.25) is 0 Å². The number of nitrogens with one attached hydrogen (secondary N) is 2. The van der Waals surface area contributed by atoms with Crippen LogP contribution >= 0.6 is 15.9 Å². The van der Waals surface area contributed by atoms with E-state index in [2.05, 4.69) is 26.6 Å². The summed E-state index contributed by atoms with van der Waals surface area (Å²) in [6, 6.07) is 13.4. The lowest BCUT2D eigenvalue weighted by molar-refractivity contribution is -0.118. The summed E-state index contributed by atoms with van der Waals surface area (Å²) in [5, 5.41) is 6.10. The first-order valence-corrected chi connectivity index (χ1v) is 8.85. The predicted molar refractivity (Wildman–Crippen MR) is 103 cm³/mol. The van der Waals surface area contributed by atoms with Crippen LogP contribution in [-0.4, -0.2) is 32.8 Å². The Morgan fingerprint density at radius 1 is 1.16 bits per heavy atom. The van der Waals surface area contributed by atoms with E-state index in [-0.39, 0.29) is 12.5 Å². The molecule has 0 unspecified atom stereocenters. The highest BCUT2D eigenvalue weighted by molar-refractivity contribution is 9.10. The van der Waals surface area contributed by atoms with E-state index < -0.39 is 0 Å². The zero-order valence-corrected chi connectivity index (χ0v) is 16.1. The standard InChI is InChI=1S/C19H23BrN2O3/c1-14-3-6-17(7-4-14)22-19(23)13-25-18-8-5-16(20)11-15(18)12-21-9-10-24-2/h3-8,11,21H,9-10,12-13H2,1-2H3,(H,22,23). The molecule has 0 spiro atoms. The smallest absolute Gasteiger partial charge is 0.262 e. The summed E-state index contributed by atoms with van der Waals surface area (Å²) >= 11 is 3.46. The van der Waals surface area contributed by atoms with Gasteiger partial charge in [0, 0.05) is 35.9 Å². The van der Waals surface area contributed by atoms with Crippen molar-refractivity contribution in [2.75, 3.05) is 32.2 Å². The third-order valence-electron chi connectivity index (χ3n) is 3.52. The van der Waals surface area contributed by atoms with Gasteiger partial charge in [-0.25, -0.2) is 0 Å². The number of aryl methyl sites for hydroxylation is 1. The molecule has 0 aliphatic heterocycles. The molecule has 0 aliphatic rings. The molecule has 1 amide bonds. The van der Waals surface area contributed by atoms with E-state index in [1.165, 1.54) is 0 Å². The molecular formula is C19H23BrN2O3. The summed E-state index contributed by atoms with van der Waals surface area (Å²) in [4.78, 5) is 12.1. The Balaban J connectivity index is 1.90. The molecule has 0 aromatic heterocycles. The average Bonchev–Trinajstić information content (AvgIpc) is 2.60. The summed E-state index contributed by atoms with van der Waals surface area (Å²) in [6.45, 7) is 3.99. The van der Waals surface area contributed by atoms with Gasteiger partial charge in [-0.2, -0.15) is 0 Å². The minimum absolute atomic E-state index is 0.0411. The van der Waals surface area contributed by atoms with Crippen molar-refractivity contribution in [3.8, 4) is 5.75 Å². The van der Waals surface area contributed by atoms with Gasteiger partial charge in [-0.1, -0.05) is 33.6 Å². The van der Waals surface area contributed by atoms with Crippen LogP contribution in [0.15, 0.2) is 46.9 Å². The lowest BCUT2D eigenvalue weighted by Gasteiger charge is -2.13. The largest absolute Gasteiger partial charge is 0.483 e. The Morgan fingerprint density at radius 3 is 2.64 bits per heavy atom. The van der Waals surface area contributed by atoms with Gasteiger partial charge in [0.15, 0.2) is 6.61 Å². The van der Waals surface area contributed by atoms with Gasteiger partial charge in [0.25, 0.3) is 5.91 Å². The molecule has 6 heteroatoms. The quantitative estimate of drug-likeness (QED) is 0.625. The van der Waals surface area contributed by atoms with Crippen LogP contribution in [0.2, 0.25) is 0 Å². The molecule has 0 atom stereocenters. The number of ether oxygens (including phenoxy) is 2. The number of hydrogen-bond acceptors (Lipinski definition) is 4. The highest BCUT2D eigenvalue weighted by Crippen LogP contribution is 2.23. The van der Waals surface area contributed by atoms with E-state index in [1.54, 1.807) is 7.11 Å². The summed E-state index contributed by atoms with van der Waals surface area (Å²) in [5.41, 5.74) is 2.89. The van der Waals surface area contributed by atoms with Crippen molar-refractivity contribution in [1.82, 2.24) is 5.32 Å². The van der Waals surface area contributed by atoms with Crippen LogP contribution in [0.3, 0.4) is 0 Å². The van der Waals surface area contributed by atoms with Gasteiger partial charge in [0.05, 0.1) is 6.61 Å². The highest BCUT2D eigenvalue weighted by atomic mass is 79.9. The average molecular weight is 407 g/mol. The predicted octanol–water partition coefficient (Wildman–Crippen LogP) is 3.51. The topological polar surface area (TPSA) is 59.6 Å². The van der Waals surface area contributed by atoms with Gasteiger partial charge < -0.3 is 20.1 Å². The third-order valence-corrected chi connectivity index (χ3v) is 4.01. The molecule has 25 heavy (non-hydrogen) atoms. The SMILES string of the molecule is COCCNCc1cc(Br)ccc1OCC(=O)Nc1ccc(C)cc1. The molecule has 2 aromatic rings. The summed E-state index contributed by atoms with van der Waals surface area (Å²) in [6.07, 6.45) is 0. The fraction of sp³-hybridized carbons (Fsp3) is 0.316. The number of carbonyl (C=O) groups is 1. The van der Waals surface area contributed by atoms with Crippen LogP contribution in [0.25, 0.3) is 0 Å². The lowest BCUT2D eigenvalue weighted by atomic mass is 10.2. The normalized spacial score (nSPS) is 10.5. The molecule has 2 N–H and O–H groups in total. The lowest BCUT2D eigenvalue weighted by Crippen LogP contribution is -2.22. The van der Waals surface area contributed by atoms with Crippen molar-refractivity contribution in [1.29, 1.82) is 0 Å². The fourth-order valence-electron chi connectivity index (χ4n) is 2.20. The second-order valence-electron chi connectivity index (χ2n) is 5.62. The van der Waals surface area contributed by atoms with Crippen LogP contribution in [0.1, 0.15) is 11.1 Å².